The van der Waals surface area contributed by atoms with Gasteiger partial charge in [-0.1, -0.05) is 20.8 Å². The molecule has 0 aliphatic heterocycles. The lowest BCUT2D eigenvalue weighted by atomic mass is 9.90. The van der Waals surface area contributed by atoms with E-state index in [1.165, 1.54) is 0 Å². The summed E-state index contributed by atoms with van der Waals surface area (Å²) < 4.78 is 40.5. The molecule has 0 saturated carbocycles. The lowest BCUT2D eigenvalue weighted by molar-refractivity contribution is -0.210. The molecule has 0 heterocycles. The molecular weight excluding hydrogens is 181 g/mol. The van der Waals surface area contributed by atoms with Gasteiger partial charge in [0.05, 0.1) is 5.60 Å². The van der Waals surface area contributed by atoms with Crippen LogP contribution in [0.1, 0.15) is 34.1 Å². The third-order valence-electron chi connectivity index (χ3n) is 2.49. The molecule has 0 aromatic carbocycles. The Labute approximate surface area is 77.3 Å². The van der Waals surface area contributed by atoms with Gasteiger partial charge in [0.2, 0.25) is 0 Å². The van der Waals surface area contributed by atoms with Crippen molar-refractivity contribution < 1.29 is 17.9 Å². The Hall–Kier alpha value is -0.250. The molecule has 0 rings (SSSR count). The molecule has 13 heavy (non-hydrogen) atoms. The monoisotopic (exact) mass is 198 g/mol. The molecule has 0 saturated heterocycles. The topological polar surface area (TPSA) is 9.23 Å². The molecule has 0 aromatic heterocycles. The predicted octanol–water partition coefficient (Wildman–Crippen LogP) is 3.39. The average Bonchev–Trinajstić information content (AvgIpc) is 1.98. The van der Waals surface area contributed by atoms with Crippen molar-refractivity contribution in [3.05, 3.63) is 0 Å². The van der Waals surface area contributed by atoms with Crippen LogP contribution in [0.3, 0.4) is 0 Å². The first-order valence-corrected chi connectivity index (χ1v) is 4.42. The van der Waals surface area contributed by atoms with Gasteiger partial charge >= 0.3 is 6.18 Å². The normalized spacial score (nSPS) is 17.5. The molecule has 0 radical (unpaired) electrons. The van der Waals surface area contributed by atoms with Crippen molar-refractivity contribution in [2.75, 3.05) is 6.61 Å². The van der Waals surface area contributed by atoms with Crippen LogP contribution in [-0.4, -0.2) is 18.4 Å². The Morgan fingerprint density at radius 3 is 1.92 bits per heavy atom. The summed E-state index contributed by atoms with van der Waals surface area (Å²) in [6.07, 6.45) is -3.65. The van der Waals surface area contributed by atoms with Crippen LogP contribution in [0.5, 0.6) is 0 Å². The van der Waals surface area contributed by atoms with Crippen molar-refractivity contribution in [1.82, 2.24) is 0 Å². The van der Waals surface area contributed by atoms with Crippen LogP contribution >= 0.6 is 0 Å². The summed E-state index contributed by atoms with van der Waals surface area (Å²) in [6.45, 7) is 6.11. The Kier molecular flexibility index (Phi) is 4.23. The number of halogens is 3. The van der Waals surface area contributed by atoms with Gasteiger partial charge in [-0.05, 0) is 19.3 Å². The van der Waals surface area contributed by atoms with Crippen molar-refractivity contribution in [3.63, 3.8) is 0 Å². The highest BCUT2D eigenvalue weighted by atomic mass is 19.4. The van der Waals surface area contributed by atoms with Gasteiger partial charge in [-0.2, -0.15) is 13.2 Å². The van der Waals surface area contributed by atoms with E-state index in [1.54, 1.807) is 6.92 Å². The minimum atomic E-state index is -4.23. The van der Waals surface area contributed by atoms with Crippen LogP contribution in [0.15, 0.2) is 0 Å². The fourth-order valence-corrected chi connectivity index (χ4v) is 0.924. The average molecular weight is 198 g/mol. The summed E-state index contributed by atoms with van der Waals surface area (Å²) in [7, 11) is 0. The van der Waals surface area contributed by atoms with E-state index in [0.717, 1.165) is 0 Å². The molecule has 0 bridgehead atoms. The van der Waals surface area contributed by atoms with Gasteiger partial charge in [0, 0.05) is 0 Å². The van der Waals surface area contributed by atoms with Crippen molar-refractivity contribution in [2.24, 2.45) is 5.92 Å². The molecule has 0 spiro atoms. The largest absolute Gasteiger partial charge is 0.411 e. The second-order valence-electron chi connectivity index (χ2n) is 3.72. The molecule has 0 N–H and O–H groups in total. The third kappa shape index (κ3) is 4.50. The van der Waals surface area contributed by atoms with E-state index in [1.807, 2.05) is 20.8 Å². The van der Waals surface area contributed by atoms with E-state index in [4.69, 9.17) is 4.74 Å². The Bertz CT molecular complexity index is 153. The van der Waals surface area contributed by atoms with Crippen LogP contribution in [0.4, 0.5) is 13.2 Å². The first-order chi connectivity index (χ1) is 5.71. The highest BCUT2D eigenvalue weighted by molar-refractivity contribution is 4.77. The first-order valence-electron chi connectivity index (χ1n) is 4.42. The molecular formula is C9H17F3O. The summed E-state index contributed by atoms with van der Waals surface area (Å²) in [5.41, 5.74) is -0.671. The molecule has 0 aliphatic rings. The maximum Gasteiger partial charge on any atom is 0.411 e. The maximum absolute atomic E-state index is 11.9. The van der Waals surface area contributed by atoms with Gasteiger partial charge in [0.15, 0.2) is 0 Å². The minimum absolute atomic E-state index is 0.0832. The van der Waals surface area contributed by atoms with Crippen molar-refractivity contribution in [2.45, 2.75) is 45.9 Å². The van der Waals surface area contributed by atoms with E-state index >= 15 is 0 Å². The number of hydrogen-bond donors (Lipinski definition) is 0. The second-order valence-corrected chi connectivity index (χ2v) is 3.72. The molecule has 80 valence electrons. The number of alkyl halides is 3. The first kappa shape index (κ1) is 12.8. The van der Waals surface area contributed by atoms with Crippen LogP contribution in [0, 0.1) is 5.92 Å². The lowest BCUT2D eigenvalue weighted by Crippen LogP contribution is -2.37. The zero-order valence-corrected chi connectivity index (χ0v) is 8.53. The van der Waals surface area contributed by atoms with E-state index in [2.05, 4.69) is 0 Å². The van der Waals surface area contributed by atoms with Crippen LogP contribution in [-0.2, 0) is 4.74 Å². The van der Waals surface area contributed by atoms with E-state index in [0.29, 0.717) is 6.42 Å². The lowest BCUT2D eigenvalue weighted by Gasteiger charge is -2.33. The van der Waals surface area contributed by atoms with E-state index in [9.17, 15) is 13.2 Å². The summed E-state index contributed by atoms with van der Waals surface area (Å²) in [6, 6.07) is 0. The number of rotatable bonds is 4. The fraction of sp³-hybridized carbons (Fsp3) is 1.00. The van der Waals surface area contributed by atoms with E-state index < -0.39 is 18.4 Å². The molecule has 1 atom stereocenters. The smallest absolute Gasteiger partial charge is 0.366 e. The summed E-state index contributed by atoms with van der Waals surface area (Å²) in [5, 5.41) is 0. The van der Waals surface area contributed by atoms with Crippen molar-refractivity contribution >= 4 is 0 Å². The molecule has 1 nitrogen and oxygen atoms in total. The quantitative estimate of drug-likeness (QED) is 0.672. The van der Waals surface area contributed by atoms with Crippen molar-refractivity contribution in [1.29, 1.82) is 0 Å². The van der Waals surface area contributed by atoms with Gasteiger partial charge in [-0.25, -0.2) is 0 Å². The fourth-order valence-electron chi connectivity index (χ4n) is 0.924. The zero-order chi connectivity index (χ0) is 10.7. The van der Waals surface area contributed by atoms with Crippen LogP contribution < -0.4 is 0 Å². The summed E-state index contributed by atoms with van der Waals surface area (Å²) >= 11 is 0. The molecule has 0 aromatic rings. The maximum atomic E-state index is 11.9. The highest BCUT2D eigenvalue weighted by Gasteiger charge is 2.34. The molecule has 0 aliphatic carbocycles. The predicted molar refractivity (Wildman–Crippen MR) is 45.5 cm³/mol. The van der Waals surface area contributed by atoms with Gasteiger partial charge < -0.3 is 4.74 Å². The SMILES string of the molecule is CCC(C)(OCC(F)(F)F)C(C)C. The number of ether oxygens (including phenoxy) is 1. The van der Waals surface area contributed by atoms with Crippen LogP contribution in [0.2, 0.25) is 0 Å². The molecule has 0 amide bonds. The zero-order valence-electron chi connectivity index (χ0n) is 8.53. The van der Waals surface area contributed by atoms with Crippen molar-refractivity contribution in [3.8, 4) is 0 Å². The third-order valence-corrected chi connectivity index (χ3v) is 2.49. The Balaban J connectivity index is 4.14. The van der Waals surface area contributed by atoms with Gasteiger partial charge in [-0.15, -0.1) is 0 Å². The molecule has 1 unspecified atom stereocenters. The van der Waals surface area contributed by atoms with Gasteiger partial charge in [-0.3, -0.25) is 0 Å². The Morgan fingerprint density at radius 2 is 1.69 bits per heavy atom. The summed E-state index contributed by atoms with van der Waals surface area (Å²) in [5.74, 6) is 0.0832. The second kappa shape index (κ2) is 4.31. The number of hydrogen-bond acceptors (Lipinski definition) is 1. The van der Waals surface area contributed by atoms with Crippen LogP contribution in [0.25, 0.3) is 0 Å². The Morgan fingerprint density at radius 1 is 1.23 bits per heavy atom. The van der Waals surface area contributed by atoms with Gasteiger partial charge in [0.1, 0.15) is 6.61 Å². The highest BCUT2D eigenvalue weighted by Crippen LogP contribution is 2.27. The minimum Gasteiger partial charge on any atom is -0.366 e. The summed E-state index contributed by atoms with van der Waals surface area (Å²) in [4.78, 5) is 0. The standard InChI is InChI=1S/C9H17F3O/c1-5-8(4,7(2)3)13-6-9(10,11)12/h7H,5-6H2,1-4H3. The molecule has 4 heteroatoms. The molecule has 0 fully saturated rings. The van der Waals surface area contributed by atoms with E-state index in [-0.39, 0.29) is 5.92 Å². The van der Waals surface area contributed by atoms with Gasteiger partial charge in [0.25, 0.3) is 0 Å².